The van der Waals surface area contributed by atoms with Crippen molar-refractivity contribution in [3.05, 3.63) is 23.8 Å². The molecular weight excluding hydrogens is 278 g/mol. The molecule has 0 aromatic heterocycles. The third-order valence-corrected chi connectivity index (χ3v) is 4.91. The molecule has 6 heteroatoms. The predicted octanol–water partition coefficient (Wildman–Crippen LogP) is 1.85. The molecule has 0 amide bonds. The van der Waals surface area contributed by atoms with Crippen LogP contribution in [0.1, 0.15) is 26.3 Å². The molecule has 0 aliphatic rings. The number of aliphatic hydroxyl groups is 1. The third kappa shape index (κ3) is 3.71. The van der Waals surface area contributed by atoms with Gasteiger partial charge in [-0.05, 0) is 23.6 Å². The summed E-state index contributed by atoms with van der Waals surface area (Å²) in [5.74, 6) is 0.529. The maximum Gasteiger partial charge on any atom is 0.246 e. The Hall–Kier alpha value is -1.11. The number of benzene rings is 1. The lowest BCUT2D eigenvalue weighted by atomic mass is 10.2. The van der Waals surface area contributed by atoms with E-state index < -0.39 is 10.0 Å². The monoisotopic (exact) mass is 301 g/mol. The van der Waals surface area contributed by atoms with Gasteiger partial charge in [0.05, 0.1) is 13.7 Å². The Labute approximate surface area is 121 Å². The average molecular weight is 301 g/mol. The Morgan fingerprint density at radius 3 is 2.45 bits per heavy atom. The summed E-state index contributed by atoms with van der Waals surface area (Å²) in [4.78, 5) is 0.106. The SMILES string of the molecule is CCN(CC(C)C)S(=O)(=O)c1cc(CO)ccc1OC. The van der Waals surface area contributed by atoms with Crippen molar-refractivity contribution in [2.24, 2.45) is 5.92 Å². The molecule has 1 N–H and O–H groups in total. The van der Waals surface area contributed by atoms with Crippen molar-refractivity contribution in [2.75, 3.05) is 20.2 Å². The number of hydrogen-bond donors (Lipinski definition) is 1. The van der Waals surface area contributed by atoms with Gasteiger partial charge in [-0.2, -0.15) is 4.31 Å². The minimum absolute atomic E-state index is 0.106. The molecular formula is C14H23NO4S. The quantitative estimate of drug-likeness (QED) is 0.834. The summed E-state index contributed by atoms with van der Waals surface area (Å²) >= 11 is 0. The zero-order valence-electron chi connectivity index (χ0n) is 12.5. The molecule has 0 aliphatic heterocycles. The molecule has 0 saturated carbocycles. The van der Waals surface area contributed by atoms with E-state index in [4.69, 9.17) is 4.74 Å². The van der Waals surface area contributed by atoms with E-state index in [-0.39, 0.29) is 17.4 Å². The normalized spacial score (nSPS) is 12.2. The number of hydrogen-bond acceptors (Lipinski definition) is 4. The molecule has 0 saturated heterocycles. The number of nitrogens with zero attached hydrogens (tertiary/aromatic N) is 1. The second kappa shape index (κ2) is 7.06. The first-order valence-electron chi connectivity index (χ1n) is 6.64. The zero-order chi connectivity index (χ0) is 15.3. The maximum absolute atomic E-state index is 12.7. The van der Waals surface area contributed by atoms with Crippen molar-refractivity contribution >= 4 is 10.0 Å². The molecule has 0 radical (unpaired) electrons. The van der Waals surface area contributed by atoms with Gasteiger partial charge in [-0.3, -0.25) is 0 Å². The van der Waals surface area contributed by atoms with Gasteiger partial charge in [-0.1, -0.05) is 26.8 Å². The van der Waals surface area contributed by atoms with Gasteiger partial charge in [-0.15, -0.1) is 0 Å². The highest BCUT2D eigenvalue weighted by molar-refractivity contribution is 7.89. The Kier molecular flexibility index (Phi) is 5.98. The first-order valence-corrected chi connectivity index (χ1v) is 8.08. The summed E-state index contributed by atoms with van der Waals surface area (Å²) in [5.41, 5.74) is 0.546. The third-order valence-electron chi connectivity index (χ3n) is 2.95. The van der Waals surface area contributed by atoms with Crippen molar-refractivity contribution in [2.45, 2.75) is 32.3 Å². The first-order chi connectivity index (χ1) is 9.36. The van der Waals surface area contributed by atoms with Gasteiger partial charge in [0.2, 0.25) is 10.0 Å². The van der Waals surface area contributed by atoms with Crippen LogP contribution < -0.4 is 4.74 Å². The topological polar surface area (TPSA) is 66.8 Å². The van der Waals surface area contributed by atoms with Crippen LogP contribution >= 0.6 is 0 Å². The molecule has 1 aromatic carbocycles. The lowest BCUT2D eigenvalue weighted by Crippen LogP contribution is -2.34. The summed E-state index contributed by atoms with van der Waals surface area (Å²) in [6, 6.07) is 4.69. The van der Waals surface area contributed by atoms with Crippen molar-refractivity contribution in [3.63, 3.8) is 0 Å². The predicted molar refractivity (Wildman–Crippen MR) is 78.2 cm³/mol. The van der Waals surface area contributed by atoms with Gasteiger partial charge in [-0.25, -0.2) is 8.42 Å². The van der Waals surface area contributed by atoms with E-state index in [1.54, 1.807) is 12.1 Å². The molecule has 0 aliphatic carbocycles. The molecule has 5 nitrogen and oxygen atoms in total. The smallest absolute Gasteiger partial charge is 0.246 e. The van der Waals surface area contributed by atoms with Gasteiger partial charge >= 0.3 is 0 Å². The van der Waals surface area contributed by atoms with E-state index in [1.165, 1.54) is 17.5 Å². The Balaban J connectivity index is 3.31. The largest absolute Gasteiger partial charge is 0.495 e. The number of methoxy groups -OCH3 is 1. The molecule has 20 heavy (non-hydrogen) atoms. The lowest BCUT2D eigenvalue weighted by Gasteiger charge is -2.23. The minimum atomic E-state index is -3.62. The fourth-order valence-electron chi connectivity index (χ4n) is 1.96. The maximum atomic E-state index is 12.7. The van der Waals surface area contributed by atoms with Crippen LogP contribution in [0.4, 0.5) is 0 Å². The van der Waals surface area contributed by atoms with Gasteiger partial charge in [0.15, 0.2) is 0 Å². The van der Waals surface area contributed by atoms with E-state index in [0.29, 0.717) is 24.4 Å². The molecule has 114 valence electrons. The minimum Gasteiger partial charge on any atom is -0.495 e. The van der Waals surface area contributed by atoms with E-state index in [2.05, 4.69) is 0 Å². The van der Waals surface area contributed by atoms with Gasteiger partial charge in [0.1, 0.15) is 10.6 Å². The fourth-order valence-corrected chi connectivity index (χ4v) is 3.78. The fraction of sp³-hybridized carbons (Fsp3) is 0.571. The second-order valence-corrected chi connectivity index (χ2v) is 6.90. The van der Waals surface area contributed by atoms with Crippen molar-refractivity contribution < 1.29 is 18.3 Å². The summed E-state index contributed by atoms with van der Waals surface area (Å²) in [7, 11) is -2.19. The molecule has 0 bridgehead atoms. The van der Waals surface area contributed by atoms with Gasteiger partial charge in [0.25, 0.3) is 0 Å². The number of ether oxygens (including phenoxy) is 1. The standard InChI is InChI=1S/C14H23NO4S/c1-5-15(9-11(2)3)20(17,18)14-8-12(10-16)6-7-13(14)19-4/h6-8,11,16H,5,9-10H2,1-4H3. The Morgan fingerprint density at radius 1 is 1.35 bits per heavy atom. The van der Waals surface area contributed by atoms with E-state index in [0.717, 1.165) is 0 Å². The summed E-state index contributed by atoms with van der Waals surface area (Å²) in [6.45, 7) is 6.39. The molecule has 0 heterocycles. The van der Waals surface area contributed by atoms with Crippen LogP contribution in [0.15, 0.2) is 23.1 Å². The highest BCUT2D eigenvalue weighted by atomic mass is 32.2. The number of aliphatic hydroxyl groups excluding tert-OH is 1. The Bertz CT molecular complexity index is 540. The van der Waals surface area contributed by atoms with Gasteiger partial charge in [0, 0.05) is 13.1 Å². The van der Waals surface area contributed by atoms with Crippen LogP contribution in [0.3, 0.4) is 0 Å². The average Bonchev–Trinajstić information content (AvgIpc) is 2.43. The van der Waals surface area contributed by atoms with Crippen LogP contribution in [-0.2, 0) is 16.6 Å². The zero-order valence-corrected chi connectivity index (χ0v) is 13.3. The Morgan fingerprint density at radius 2 is 2.00 bits per heavy atom. The van der Waals surface area contributed by atoms with Crippen LogP contribution in [0.5, 0.6) is 5.75 Å². The summed E-state index contributed by atoms with van der Waals surface area (Å²) < 4.78 is 32.0. The van der Waals surface area contributed by atoms with E-state index in [1.807, 2.05) is 20.8 Å². The molecule has 0 atom stereocenters. The molecule has 0 spiro atoms. The van der Waals surface area contributed by atoms with Crippen molar-refractivity contribution in [3.8, 4) is 5.75 Å². The second-order valence-electron chi connectivity index (χ2n) is 4.99. The molecule has 0 fully saturated rings. The van der Waals surface area contributed by atoms with Crippen LogP contribution in [0.25, 0.3) is 0 Å². The number of sulfonamides is 1. The lowest BCUT2D eigenvalue weighted by molar-refractivity contribution is 0.281. The van der Waals surface area contributed by atoms with Crippen LogP contribution in [-0.4, -0.2) is 38.0 Å². The van der Waals surface area contributed by atoms with Crippen molar-refractivity contribution in [1.82, 2.24) is 4.31 Å². The molecule has 1 aromatic rings. The van der Waals surface area contributed by atoms with Crippen molar-refractivity contribution in [1.29, 1.82) is 0 Å². The van der Waals surface area contributed by atoms with Crippen LogP contribution in [0, 0.1) is 5.92 Å². The van der Waals surface area contributed by atoms with E-state index in [9.17, 15) is 13.5 Å². The summed E-state index contributed by atoms with van der Waals surface area (Å²) in [5, 5.41) is 9.18. The number of rotatable bonds is 7. The van der Waals surface area contributed by atoms with Gasteiger partial charge < -0.3 is 9.84 Å². The van der Waals surface area contributed by atoms with E-state index >= 15 is 0 Å². The summed E-state index contributed by atoms with van der Waals surface area (Å²) in [6.07, 6.45) is 0. The highest BCUT2D eigenvalue weighted by Crippen LogP contribution is 2.28. The van der Waals surface area contributed by atoms with Crippen LogP contribution in [0.2, 0.25) is 0 Å². The highest BCUT2D eigenvalue weighted by Gasteiger charge is 2.27. The molecule has 0 unspecified atom stereocenters. The molecule has 1 rings (SSSR count). The first kappa shape index (κ1) is 16.9.